The van der Waals surface area contributed by atoms with Crippen LogP contribution in [0.25, 0.3) is 11.2 Å². The van der Waals surface area contributed by atoms with Crippen molar-refractivity contribution in [3.63, 3.8) is 0 Å². The normalized spacial score (nSPS) is 16.6. The van der Waals surface area contributed by atoms with Gasteiger partial charge in [0.15, 0.2) is 5.65 Å². The molecule has 1 saturated carbocycles. The molecule has 0 spiro atoms. The SMILES string of the molecule is COC(=O)C1(c2nc3nc(OC)ccc3[nH]2)CC1. The second kappa shape index (κ2) is 3.69. The van der Waals surface area contributed by atoms with Gasteiger partial charge in [-0.25, -0.2) is 4.98 Å². The highest BCUT2D eigenvalue weighted by Crippen LogP contribution is 2.48. The van der Waals surface area contributed by atoms with Crippen molar-refractivity contribution >= 4 is 17.1 Å². The molecule has 2 aromatic heterocycles. The summed E-state index contributed by atoms with van der Waals surface area (Å²) in [5.74, 6) is 0.891. The summed E-state index contributed by atoms with van der Waals surface area (Å²) in [4.78, 5) is 23.5. The number of carbonyl (C=O) groups excluding carboxylic acids is 1. The summed E-state index contributed by atoms with van der Waals surface area (Å²) in [5, 5.41) is 0. The van der Waals surface area contributed by atoms with E-state index in [2.05, 4.69) is 15.0 Å². The van der Waals surface area contributed by atoms with E-state index in [9.17, 15) is 4.79 Å². The van der Waals surface area contributed by atoms with Crippen LogP contribution in [0.4, 0.5) is 0 Å². The van der Waals surface area contributed by atoms with Gasteiger partial charge in [-0.2, -0.15) is 4.98 Å². The predicted octanol–water partition coefficient (Wildman–Crippen LogP) is 1.17. The lowest BCUT2D eigenvalue weighted by Crippen LogP contribution is -2.23. The van der Waals surface area contributed by atoms with Crippen LogP contribution in [0.2, 0.25) is 0 Å². The van der Waals surface area contributed by atoms with Gasteiger partial charge in [0.25, 0.3) is 0 Å². The summed E-state index contributed by atoms with van der Waals surface area (Å²) in [6.45, 7) is 0. The second-order valence-electron chi connectivity index (χ2n) is 4.38. The monoisotopic (exact) mass is 247 g/mol. The van der Waals surface area contributed by atoms with Crippen molar-refractivity contribution in [3.8, 4) is 5.88 Å². The summed E-state index contributed by atoms with van der Waals surface area (Å²) < 4.78 is 9.87. The topological polar surface area (TPSA) is 77.1 Å². The Balaban J connectivity index is 2.06. The van der Waals surface area contributed by atoms with E-state index in [4.69, 9.17) is 9.47 Å². The number of imidazole rings is 1. The molecule has 0 aromatic carbocycles. The molecule has 3 rings (SSSR count). The Morgan fingerprint density at radius 3 is 2.72 bits per heavy atom. The fraction of sp³-hybridized carbons (Fsp3) is 0.417. The molecular formula is C12H13N3O3. The van der Waals surface area contributed by atoms with Crippen molar-refractivity contribution in [2.45, 2.75) is 18.3 Å². The van der Waals surface area contributed by atoms with Gasteiger partial charge in [-0.05, 0) is 18.9 Å². The number of esters is 1. The number of hydrogen-bond acceptors (Lipinski definition) is 5. The average Bonchev–Trinajstić information content (AvgIpc) is 3.11. The third kappa shape index (κ3) is 1.45. The van der Waals surface area contributed by atoms with E-state index in [0.717, 1.165) is 18.4 Å². The molecule has 94 valence electrons. The van der Waals surface area contributed by atoms with Crippen molar-refractivity contribution in [1.82, 2.24) is 15.0 Å². The van der Waals surface area contributed by atoms with E-state index in [-0.39, 0.29) is 5.97 Å². The molecule has 1 aliphatic rings. The van der Waals surface area contributed by atoms with Crippen LogP contribution < -0.4 is 4.74 Å². The molecule has 0 bridgehead atoms. The van der Waals surface area contributed by atoms with E-state index < -0.39 is 5.41 Å². The van der Waals surface area contributed by atoms with Crippen LogP contribution in [0.3, 0.4) is 0 Å². The van der Waals surface area contributed by atoms with Gasteiger partial charge in [0, 0.05) is 6.07 Å². The number of nitrogens with zero attached hydrogens (tertiary/aromatic N) is 2. The first-order valence-electron chi connectivity index (χ1n) is 5.69. The summed E-state index contributed by atoms with van der Waals surface area (Å²) in [6, 6.07) is 3.59. The molecule has 2 heterocycles. The maximum Gasteiger partial charge on any atom is 0.319 e. The molecule has 0 unspecified atom stereocenters. The third-order valence-electron chi connectivity index (χ3n) is 3.31. The van der Waals surface area contributed by atoms with Crippen LogP contribution in [0.1, 0.15) is 18.7 Å². The van der Waals surface area contributed by atoms with E-state index in [0.29, 0.717) is 17.4 Å². The molecule has 6 nitrogen and oxygen atoms in total. The first-order valence-corrected chi connectivity index (χ1v) is 5.69. The number of H-pyrrole nitrogens is 1. The maximum absolute atomic E-state index is 11.8. The number of carbonyl (C=O) groups is 1. The van der Waals surface area contributed by atoms with E-state index in [1.165, 1.54) is 7.11 Å². The van der Waals surface area contributed by atoms with Gasteiger partial charge >= 0.3 is 5.97 Å². The van der Waals surface area contributed by atoms with Crippen LogP contribution in [-0.2, 0) is 14.9 Å². The van der Waals surface area contributed by atoms with Gasteiger partial charge in [0.1, 0.15) is 11.2 Å². The van der Waals surface area contributed by atoms with Crippen molar-refractivity contribution in [3.05, 3.63) is 18.0 Å². The standard InChI is InChI=1S/C12H13N3O3/c1-17-8-4-3-7-9(14-8)15-10(13-7)12(5-6-12)11(16)18-2/h3-4H,5-6H2,1-2H3,(H,13,14,15). The molecule has 0 atom stereocenters. The third-order valence-corrected chi connectivity index (χ3v) is 3.31. The number of ether oxygens (including phenoxy) is 2. The van der Waals surface area contributed by atoms with Crippen LogP contribution in [0.5, 0.6) is 5.88 Å². The molecule has 18 heavy (non-hydrogen) atoms. The van der Waals surface area contributed by atoms with E-state index >= 15 is 0 Å². The maximum atomic E-state index is 11.8. The number of aromatic amines is 1. The van der Waals surface area contributed by atoms with Crippen molar-refractivity contribution < 1.29 is 14.3 Å². The number of fused-ring (bicyclic) bond motifs is 1. The average molecular weight is 247 g/mol. The van der Waals surface area contributed by atoms with Crippen LogP contribution in [-0.4, -0.2) is 35.1 Å². The minimum Gasteiger partial charge on any atom is -0.481 e. The molecule has 0 amide bonds. The van der Waals surface area contributed by atoms with Gasteiger partial charge in [0.2, 0.25) is 5.88 Å². The fourth-order valence-electron chi connectivity index (χ4n) is 2.07. The summed E-state index contributed by atoms with van der Waals surface area (Å²) in [5.41, 5.74) is 0.753. The quantitative estimate of drug-likeness (QED) is 0.824. The van der Waals surface area contributed by atoms with Crippen molar-refractivity contribution in [2.75, 3.05) is 14.2 Å². The largest absolute Gasteiger partial charge is 0.481 e. The number of nitrogens with one attached hydrogen (secondary N) is 1. The lowest BCUT2D eigenvalue weighted by Gasteiger charge is -2.08. The molecule has 6 heteroatoms. The Hall–Kier alpha value is -2.11. The lowest BCUT2D eigenvalue weighted by molar-refractivity contribution is -0.143. The lowest BCUT2D eigenvalue weighted by atomic mass is 10.1. The van der Waals surface area contributed by atoms with Crippen molar-refractivity contribution in [2.24, 2.45) is 0 Å². The van der Waals surface area contributed by atoms with Gasteiger partial charge in [-0.1, -0.05) is 0 Å². The van der Waals surface area contributed by atoms with Gasteiger partial charge in [-0.3, -0.25) is 4.79 Å². The number of hydrogen-bond donors (Lipinski definition) is 1. The predicted molar refractivity (Wildman–Crippen MR) is 63.4 cm³/mol. The molecule has 1 fully saturated rings. The Bertz CT molecular complexity index is 616. The number of aromatic nitrogens is 3. The molecule has 2 aromatic rings. The Morgan fingerprint density at radius 1 is 1.33 bits per heavy atom. The Kier molecular flexibility index (Phi) is 2.26. The summed E-state index contributed by atoms with van der Waals surface area (Å²) in [6.07, 6.45) is 1.52. The highest BCUT2D eigenvalue weighted by Gasteiger charge is 2.55. The summed E-state index contributed by atoms with van der Waals surface area (Å²) in [7, 11) is 2.95. The molecule has 1 aliphatic carbocycles. The van der Waals surface area contributed by atoms with Gasteiger partial charge in [-0.15, -0.1) is 0 Å². The zero-order valence-electron chi connectivity index (χ0n) is 10.2. The van der Waals surface area contributed by atoms with Crippen LogP contribution in [0.15, 0.2) is 12.1 Å². The number of rotatable bonds is 3. The molecule has 0 saturated heterocycles. The zero-order valence-corrected chi connectivity index (χ0v) is 10.2. The van der Waals surface area contributed by atoms with E-state index in [1.807, 2.05) is 6.07 Å². The first-order chi connectivity index (χ1) is 8.69. The first kappa shape index (κ1) is 11.0. The highest BCUT2D eigenvalue weighted by atomic mass is 16.5. The van der Waals surface area contributed by atoms with Crippen molar-refractivity contribution in [1.29, 1.82) is 0 Å². The fourth-order valence-corrected chi connectivity index (χ4v) is 2.07. The molecule has 0 radical (unpaired) electrons. The zero-order chi connectivity index (χ0) is 12.8. The summed E-state index contributed by atoms with van der Waals surface area (Å²) >= 11 is 0. The van der Waals surface area contributed by atoms with Crippen LogP contribution >= 0.6 is 0 Å². The number of methoxy groups -OCH3 is 2. The Labute approximate surface area is 103 Å². The van der Waals surface area contributed by atoms with Gasteiger partial charge < -0.3 is 14.5 Å². The highest BCUT2D eigenvalue weighted by molar-refractivity contribution is 5.86. The molecular weight excluding hydrogens is 234 g/mol. The molecule has 1 N–H and O–H groups in total. The minimum absolute atomic E-state index is 0.242. The number of pyridine rings is 1. The van der Waals surface area contributed by atoms with Gasteiger partial charge in [0.05, 0.1) is 19.7 Å². The second-order valence-corrected chi connectivity index (χ2v) is 4.38. The molecule has 0 aliphatic heterocycles. The Morgan fingerprint density at radius 2 is 2.11 bits per heavy atom. The smallest absolute Gasteiger partial charge is 0.319 e. The van der Waals surface area contributed by atoms with E-state index in [1.54, 1.807) is 13.2 Å². The minimum atomic E-state index is -0.595. The van der Waals surface area contributed by atoms with Crippen LogP contribution in [0, 0.1) is 0 Å².